The van der Waals surface area contributed by atoms with Crippen molar-refractivity contribution in [3.05, 3.63) is 198 Å². The summed E-state index contributed by atoms with van der Waals surface area (Å²) >= 11 is 0. The lowest BCUT2D eigenvalue weighted by Crippen LogP contribution is -2.39. The SMILES string of the molecule is CCCCN(Cc1ccc(-c2ccccc2-c2nnnn2C(c2ccccc2)(c2ccccc2)c2ccccc2)cc1)c1nc2ccccc2cc1C(=O)OCC. The number of esters is 1. The Kier molecular flexibility index (Phi) is 10.9. The number of hydrogen-bond donors (Lipinski definition) is 0. The van der Waals surface area contributed by atoms with Crippen LogP contribution < -0.4 is 4.90 Å². The van der Waals surface area contributed by atoms with E-state index in [-0.39, 0.29) is 5.97 Å². The molecule has 6 aromatic carbocycles. The predicted molar refractivity (Wildman–Crippen MR) is 227 cm³/mol. The smallest absolute Gasteiger partial charge is 0.341 e. The van der Waals surface area contributed by atoms with E-state index in [2.05, 4.69) is 132 Å². The van der Waals surface area contributed by atoms with Crippen molar-refractivity contribution in [2.24, 2.45) is 0 Å². The van der Waals surface area contributed by atoms with E-state index in [1.165, 1.54) is 0 Å². The molecule has 0 aliphatic heterocycles. The zero-order valence-corrected chi connectivity index (χ0v) is 32.2. The first-order valence-electron chi connectivity index (χ1n) is 19.6. The van der Waals surface area contributed by atoms with Gasteiger partial charge in [-0.15, -0.1) is 5.10 Å². The van der Waals surface area contributed by atoms with Crippen molar-refractivity contribution in [3.63, 3.8) is 0 Å². The van der Waals surface area contributed by atoms with Crippen molar-refractivity contribution < 1.29 is 9.53 Å². The topological polar surface area (TPSA) is 86.0 Å². The molecule has 2 heterocycles. The minimum Gasteiger partial charge on any atom is -0.462 e. The van der Waals surface area contributed by atoms with Crippen LogP contribution in [0.1, 0.15) is 59.3 Å². The standard InChI is InChI=1S/C49H44N6O2/c1-3-5-33-54(46-44(48(56)57-4-2)34-38-19-15-18-28-45(38)50-46)35-36-29-31-37(32-30-36)42-26-16-17-27-43(42)47-51-52-53-55(47)49(39-20-9-6-10-21-39,40-22-11-7-12-23-40)41-24-13-8-14-25-41/h6-32,34H,3-5,33,35H2,1-2H3. The van der Waals surface area contributed by atoms with Gasteiger partial charge in [0.25, 0.3) is 0 Å². The molecule has 0 saturated carbocycles. The molecule has 0 unspecified atom stereocenters. The fourth-order valence-electron chi connectivity index (χ4n) is 7.74. The highest BCUT2D eigenvalue weighted by atomic mass is 16.5. The number of fused-ring (bicyclic) bond motifs is 1. The maximum atomic E-state index is 13.3. The second kappa shape index (κ2) is 16.8. The summed E-state index contributed by atoms with van der Waals surface area (Å²) in [5.74, 6) is 0.920. The van der Waals surface area contributed by atoms with Gasteiger partial charge < -0.3 is 9.64 Å². The lowest BCUT2D eigenvalue weighted by molar-refractivity contribution is 0.0526. The first-order valence-corrected chi connectivity index (χ1v) is 19.6. The molecule has 8 nitrogen and oxygen atoms in total. The quantitative estimate of drug-likeness (QED) is 0.0808. The number of nitrogens with zero attached hydrogens (tertiary/aromatic N) is 6. The van der Waals surface area contributed by atoms with Gasteiger partial charge in [-0.25, -0.2) is 14.5 Å². The molecule has 8 heteroatoms. The number of benzene rings is 6. The van der Waals surface area contributed by atoms with E-state index < -0.39 is 5.54 Å². The van der Waals surface area contributed by atoms with Crippen LogP contribution in [-0.4, -0.2) is 44.3 Å². The molecule has 57 heavy (non-hydrogen) atoms. The highest BCUT2D eigenvalue weighted by molar-refractivity contribution is 5.99. The highest BCUT2D eigenvalue weighted by Gasteiger charge is 2.42. The van der Waals surface area contributed by atoms with Gasteiger partial charge in [0.15, 0.2) is 5.82 Å². The van der Waals surface area contributed by atoms with Gasteiger partial charge in [0.05, 0.1) is 12.1 Å². The van der Waals surface area contributed by atoms with E-state index in [0.29, 0.717) is 30.4 Å². The van der Waals surface area contributed by atoms with E-state index in [0.717, 1.165) is 69.2 Å². The summed E-state index contributed by atoms with van der Waals surface area (Å²) in [7, 11) is 0. The molecule has 0 bridgehead atoms. The highest BCUT2D eigenvalue weighted by Crippen LogP contribution is 2.43. The fraction of sp³-hybridized carbons (Fsp3) is 0.163. The third-order valence-corrected chi connectivity index (χ3v) is 10.4. The molecule has 0 amide bonds. The van der Waals surface area contributed by atoms with Crippen LogP contribution in [0.5, 0.6) is 0 Å². The van der Waals surface area contributed by atoms with Gasteiger partial charge in [-0.3, -0.25) is 0 Å². The molecule has 282 valence electrons. The fourth-order valence-corrected chi connectivity index (χ4v) is 7.74. The Labute approximate surface area is 333 Å². The number of ether oxygens (including phenoxy) is 1. The number of para-hydroxylation sites is 1. The van der Waals surface area contributed by atoms with Crippen LogP contribution in [0.15, 0.2) is 170 Å². The maximum Gasteiger partial charge on any atom is 0.341 e. The van der Waals surface area contributed by atoms with E-state index in [1.807, 2.05) is 66.2 Å². The van der Waals surface area contributed by atoms with E-state index in [1.54, 1.807) is 0 Å². The summed E-state index contributed by atoms with van der Waals surface area (Å²) in [4.78, 5) is 20.5. The Morgan fingerprint density at radius 1 is 0.684 bits per heavy atom. The number of carbonyl (C=O) groups excluding carboxylic acids is 1. The van der Waals surface area contributed by atoms with Gasteiger partial charge in [-0.05, 0) is 69.3 Å². The van der Waals surface area contributed by atoms with Gasteiger partial charge in [0.1, 0.15) is 16.9 Å². The molecule has 8 rings (SSSR count). The number of anilines is 1. The van der Waals surface area contributed by atoms with Gasteiger partial charge in [0.2, 0.25) is 0 Å². The Balaban J connectivity index is 1.20. The Bertz CT molecular complexity index is 2480. The molecule has 0 saturated heterocycles. The number of tetrazole rings is 1. The molecule has 8 aromatic rings. The molecule has 0 spiro atoms. The molecule has 0 radical (unpaired) electrons. The van der Waals surface area contributed by atoms with E-state index in [9.17, 15) is 4.79 Å². The second-order valence-corrected chi connectivity index (χ2v) is 14.0. The molecular formula is C49H44N6O2. The monoisotopic (exact) mass is 748 g/mol. The predicted octanol–water partition coefficient (Wildman–Crippen LogP) is 10.4. The first-order chi connectivity index (χ1) is 28.1. The third kappa shape index (κ3) is 7.30. The molecule has 0 aliphatic rings. The van der Waals surface area contributed by atoms with E-state index in [4.69, 9.17) is 20.0 Å². The van der Waals surface area contributed by atoms with E-state index >= 15 is 0 Å². The van der Waals surface area contributed by atoms with Gasteiger partial charge >= 0.3 is 5.97 Å². The summed E-state index contributed by atoms with van der Waals surface area (Å²) in [6, 6.07) is 58.0. The average Bonchev–Trinajstić information content (AvgIpc) is 3.76. The number of carbonyl (C=O) groups is 1. The van der Waals surface area contributed by atoms with Crippen molar-refractivity contribution in [1.29, 1.82) is 0 Å². The Morgan fingerprint density at radius 2 is 1.26 bits per heavy atom. The van der Waals surface area contributed by atoms with Crippen molar-refractivity contribution in [1.82, 2.24) is 25.2 Å². The molecule has 0 N–H and O–H groups in total. The van der Waals surface area contributed by atoms with Gasteiger partial charge in [0, 0.05) is 24.0 Å². The zero-order valence-electron chi connectivity index (χ0n) is 32.2. The summed E-state index contributed by atoms with van der Waals surface area (Å²) in [5, 5.41) is 14.8. The van der Waals surface area contributed by atoms with Crippen molar-refractivity contribution in [2.45, 2.75) is 38.8 Å². The van der Waals surface area contributed by atoms with Crippen LogP contribution in [-0.2, 0) is 16.8 Å². The third-order valence-electron chi connectivity index (χ3n) is 10.4. The Hall–Kier alpha value is -6.93. The lowest BCUT2D eigenvalue weighted by atomic mass is 9.77. The lowest BCUT2D eigenvalue weighted by Gasteiger charge is -2.36. The van der Waals surface area contributed by atoms with Gasteiger partial charge in [-0.2, -0.15) is 0 Å². The number of rotatable bonds is 14. The molecule has 0 fully saturated rings. The molecular weight excluding hydrogens is 705 g/mol. The van der Waals surface area contributed by atoms with Crippen molar-refractivity contribution in [2.75, 3.05) is 18.1 Å². The molecule has 0 atom stereocenters. The largest absolute Gasteiger partial charge is 0.462 e. The normalized spacial score (nSPS) is 11.4. The summed E-state index contributed by atoms with van der Waals surface area (Å²) in [6.07, 6.45) is 1.96. The summed E-state index contributed by atoms with van der Waals surface area (Å²) in [6.45, 7) is 5.61. The number of aromatic nitrogens is 5. The Morgan fingerprint density at radius 3 is 1.88 bits per heavy atom. The number of hydrogen-bond acceptors (Lipinski definition) is 7. The second-order valence-electron chi connectivity index (χ2n) is 14.0. The van der Waals surface area contributed by atoms with Crippen LogP contribution in [0.4, 0.5) is 5.82 Å². The van der Waals surface area contributed by atoms with Crippen LogP contribution in [0, 0.1) is 0 Å². The minimum atomic E-state index is -0.874. The molecule has 2 aromatic heterocycles. The minimum absolute atomic E-state index is 0.293. The van der Waals surface area contributed by atoms with Crippen LogP contribution in [0.3, 0.4) is 0 Å². The summed E-state index contributed by atoms with van der Waals surface area (Å²) in [5.41, 5.74) is 7.61. The zero-order chi connectivity index (χ0) is 39.0. The van der Waals surface area contributed by atoms with Crippen LogP contribution in [0.25, 0.3) is 33.4 Å². The average molecular weight is 749 g/mol. The first kappa shape index (κ1) is 37.0. The van der Waals surface area contributed by atoms with Gasteiger partial charge in [-0.1, -0.05) is 171 Å². The van der Waals surface area contributed by atoms with Crippen molar-refractivity contribution in [3.8, 4) is 22.5 Å². The number of pyridine rings is 1. The van der Waals surface area contributed by atoms with Crippen molar-refractivity contribution >= 4 is 22.7 Å². The molecule has 0 aliphatic carbocycles. The van der Waals surface area contributed by atoms with Crippen LogP contribution in [0.2, 0.25) is 0 Å². The van der Waals surface area contributed by atoms with Crippen LogP contribution >= 0.6 is 0 Å². The maximum absolute atomic E-state index is 13.3. The summed E-state index contributed by atoms with van der Waals surface area (Å²) < 4.78 is 7.49. The number of unbranched alkanes of at least 4 members (excludes halogenated alkanes) is 1.